The van der Waals surface area contributed by atoms with Gasteiger partial charge in [0.05, 0.1) is 30.2 Å². The fourth-order valence-electron chi connectivity index (χ4n) is 2.85. The Morgan fingerprint density at radius 1 is 1.19 bits per heavy atom. The number of anilines is 2. The quantitative estimate of drug-likeness (QED) is 0.788. The Morgan fingerprint density at radius 2 is 1.93 bits per heavy atom. The zero-order valence-corrected chi connectivity index (χ0v) is 15.9. The van der Waals surface area contributed by atoms with Crippen LogP contribution in [0.15, 0.2) is 52.3 Å². The van der Waals surface area contributed by atoms with Crippen LogP contribution in [0, 0.1) is 0 Å². The number of hydrogen-bond donors (Lipinski definition) is 2. The highest BCUT2D eigenvalue weighted by Crippen LogP contribution is 2.37. The lowest BCUT2D eigenvalue weighted by Crippen LogP contribution is -2.36. The van der Waals surface area contributed by atoms with Crippen LogP contribution in [-0.4, -0.2) is 43.3 Å². The Bertz CT molecular complexity index is 834. The molecule has 0 radical (unpaired) electrons. The summed E-state index contributed by atoms with van der Waals surface area (Å²) >= 11 is 1.51. The van der Waals surface area contributed by atoms with Crippen molar-refractivity contribution >= 4 is 35.0 Å². The first-order valence-corrected chi connectivity index (χ1v) is 9.67. The van der Waals surface area contributed by atoms with E-state index < -0.39 is 5.97 Å². The van der Waals surface area contributed by atoms with E-state index in [2.05, 4.69) is 16.3 Å². The van der Waals surface area contributed by atoms with Crippen LogP contribution in [0.25, 0.3) is 0 Å². The van der Waals surface area contributed by atoms with Crippen molar-refractivity contribution in [2.24, 2.45) is 0 Å². The molecule has 1 fully saturated rings. The smallest absolute Gasteiger partial charge is 0.337 e. The van der Waals surface area contributed by atoms with E-state index in [9.17, 15) is 14.7 Å². The van der Waals surface area contributed by atoms with Crippen molar-refractivity contribution < 1.29 is 19.4 Å². The van der Waals surface area contributed by atoms with Gasteiger partial charge in [0.25, 0.3) is 0 Å². The molecule has 0 atom stereocenters. The number of carbonyl (C=O) groups is 2. The number of amides is 1. The molecule has 1 aliphatic rings. The minimum atomic E-state index is -1.06. The fraction of sp³-hybridized carbons (Fsp3) is 0.300. The monoisotopic (exact) mass is 386 g/mol. The van der Waals surface area contributed by atoms with E-state index in [4.69, 9.17) is 4.74 Å². The molecule has 0 unspecified atom stereocenters. The molecule has 0 spiro atoms. The van der Waals surface area contributed by atoms with Gasteiger partial charge in [0.2, 0.25) is 5.91 Å². The first kappa shape index (κ1) is 19.3. The Hall–Kier alpha value is -2.51. The summed E-state index contributed by atoms with van der Waals surface area (Å²) in [6.45, 7) is 4.80. The van der Waals surface area contributed by atoms with Gasteiger partial charge in [-0.05, 0) is 30.3 Å². The summed E-state index contributed by atoms with van der Waals surface area (Å²) in [7, 11) is 0. The van der Waals surface area contributed by atoms with E-state index in [1.807, 2.05) is 24.3 Å². The molecule has 0 saturated carbocycles. The summed E-state index contributed by atoms with van der Waals surface area (Å²) in [5.41, 5.74) is 1.52. The number of para-hydroxylation sites is 1. The van der Waals surface area contributed by atoms with Gasteiger partial charge in [0.15, 0.2) is 0 Å². The molecule has 2 aromatic carbocycles. The van der Waals surface area contributed by atoms with Crippen LogP contribution < -0.4 is 10.2 Å². The van der Waals surface area contributed by atoms with Crippen molar-refractivity contribution in [3.05, 3.63) is 48.0 Å². The molecule has 0 aliphatic carbocycles. The standard InChI is InChI=1S/C20H22N2O4S/c1-2-19(23)21-16-8-7-14(13-15(16)20(24)25)27-18-6-4-3-5-17(18)22-9-11-26-12-10-22/h3-8,13H,2,9-12H2,1H3,(H,21,23)(H,24,25). The van der Waals surface area contributed by atoms with Gasteiger partial charge in [-0.3, -0.25) is 4.79 Å². The number of nitrogens with zero attached hydrogens (tertiary/aromatic N) is 1. The number of carbonyl (C=O) groups excluding carboxylic acids is 1. The van der Waals surface area contributed by atoms with Crippen LogP contribution in [0.4, 0.5) is 11.4 Å². The van der Waals surface area contributed by atoms with Crippen LogP contribution in [0.2, 0.25) is 0 Å². The van der Waals surface area contributed by atoms with E-state index >= 15 is 0 Å². The third-order valence-corrected chi connectivity index (χ3v) is 5.32. The van der Waals surface area contributed by atoms with Gasteiger partial charge >= 0.3 is 5.97 Å². The zero-order valence-electron chi connectivity index (χ0n) is 15.1. The van der Waals surface area contributed by atoms with Crippen molar-refractivity contribution in [3.63, 3.8) is 0 Å². The number of benzene rings is 2. The highest BCUT2D eigenvalue weighted by molar-refractivity contribution is 7.99. The minimum Gasteiger partial charge on any atom is -0.478 e. The molecule has 3 rings (SSSR count). The summed E-state index contributed by atoms with van der Waals surface area (Å²) < 4.78 is 5.43. The van der Waals surface area contributed by atoms with Crippen LogP contribution in [0.3, 0.4) is 0 Å². The third-order valence-electron chi connectivity index (χ3n) is 4.26. The fourth-order valence-corrected chi connectivity index (χ4v) is 3.86. The number of morpholine rings is 1. The van der Waals surface area contributed by atoms with E-state index in [1.54, 1.807) is 19.1 Å². The number of carboxylic acids is 1. The molecular formula is C20H22N2O4S. The summed E-state index contributed by atoms with van der Waals surface area (Å²) in [5, 5.41) is 12.2. The third kappa shape index (κ3) is 4.81. The molecule has 1 aliphatic heterocycles. The molecule has 2 N–H and O–H groups in total. The molecule has 0 bridgehead atoms. The molecule has 27 heavy (non-hydrogen) atoms. The zero-order chi connectivity index (χ0) is 19.2. The SMILES string of the molecule is CCC(=O)Nc1ccc(Sc2ccccc2N2CCOCC2)cc1C(=O)O. The number of rotatable bonds is 6. The van der Waals surface area contributed by atoms with Crippen molar-refractivity contribution in [3.8, 4) is 0 Å². The van der Waals surface area contributed by atoms with Crippen molar-refractivity contribution in [1.29, 1.82) is 0 Å². The molecular weight excluding hydrogens is 364 g/mol. The van der Waals surface area contributed by atoms with E-state index in [1.165, 1.54) is 11.8 Å². The maximum Gasteiger partial charge on any atom is 0.337 e. The number of nitrogens with one attached hydrogen (secondary N) is 1. The average molecular weight is 386 g/mol. The highest BCUT2D eigenvalue weighted by Gasteiger charge is 2.17. The summed E-state index contributed by atoms with van der Waals surface area (Å²) in [4.78, 5) is 27.4. The van der Waals surface area contributed by atoms with Gasteiger partial charge in [-0.2, -0.15) is 0 Å². The molecule has 1 saturated heterocycles. The highest BCUT2D eigenvalue weighted by atomic mass is 32.2. The predicted octanol–water partition coefficient (Wildman–Crippen LogP) is 3.72. The number of hydrogen-bond acceptors (Lipinski definition) is 5. The predicted molar refractivity (Wildman–Crippen MR) is 106 cm³/mol. The van der Waals surface area contributed by atoms with Gasteiger partial charge in [-0.15, -0.1) is 0 Å². The molecule has 7 heteroatoms. The molecule has 0 aromatic heterocycles. The van der Waals surface area contributed by atoms with E-state index in [-0.39, 0.29) is 11.5 Å². The molecule has 1 heterocycles. The van der Waals surface area contributed by atoms with Crippen LogP contribution in [0.5, 0.6) is 0 Å². The van der Waals surface area contributed by atoms with Gasteiger partial charge in [0, 0.05) is 29.3 Å². The Kier molecular flexibility index (Phi) is 6.36. The van der Waals surface area contributed by atoms with Crippen LogP contribution >= 0.6 is 11.8 Å². The first-order valence-electron chi connectivity index (χ1n) is 8.85. The maximum atomic E-state index is 11.6. The number of ether oxygens (including phenoxy) is 1. The molecule has 2 aromatic rings. The number of aromatic carboxylic acids is 1. The van der Waals surface area contributed by atoms with Crippen LogP contribution in [-0.2, 0) is 9.53 Å². The second-order valence-electron chi connectivity index (χ2n) is 6.08. The Labute approximate surface area is 162 Å². The van der Waals surface area contributed by atoms with E-state index in [0.717, 1.165) is 28.6 Å². The van der Waals surface area contributed by atoms with Crippen molar-refractivity contribution in [2.75, 3.05) is 36.5 Å². The Balaban J connectivity index is 1.87. The summed E-state index contributed by atoms with van der Waals surface area (Å²) in [5.74, 6) is -1.28. The molecule has 6 nitrogen and oxygen atoms in total. The van der Waals surface area contributed by atoms with Crippen molar-refractivity contribution in [1.82, 2.24) is 0 Å². The first-order chi connectivity index (χ1) is 13.1. The second-order valence-corrected chi connectivity index (χ2v) is 7.20. The van der Waals surface area contributed by atoms with Crippen LogP contribution in [0.1, 0.15) is 23.7 Å². The molecule has 142 valence electrons. The second kappa shape index (κ2) is 8.92. The average Bonchev–Trinajstić information content (AvgIpc) is 2.70. The minimum absolute atomic E-state index is 0.0886. The van der Waals surface area contributed by atoms with Crippen molar-refractivity contribution in [2.45, 2.75) is 23.1 Å². The summed E-state index contributed by atoms with van der Waals surface area (Å²) in [6, 6.07) is 13.2. The van der Waals surface area contributed by atoms with E-state index in [0.29, 0.717) is 25.3 Å². The lowest BCUT2D eigenvalue weighted by molar-refractivity contribution is -0.115. The number of carboxylic acid groups (broad SMARTS) is 1. The molecule has 1 amide bonds. The lowest BCUT2D eigenvalue weighted by atomic mass is 10.1. The van der Waals surface area contributed by atoms with Gasteiger partial charge in [-0.1, -0.05) is 30.8 Å². The van der Waals surface area contributed by atoms with Gasteiger partial charge in [-0.25, -0.2) is 4.79 Å². The van der Waals surface area contributed by atoms with Gasteiger partial charge in [0.1, 0.15) is 0 Å². The lowest BCUT2D eigenvalue weighted by Gasteiger charge is -2.30. The normalized spacial score (nSPS) is 14.0. The topological polar surface area (TPSA) is 78.9 Å². The summed E-state index contributed by atoms with van der Waals surface area (Å²) in [6.07, 6.45) is 0.294. The Morgan fingerprint density at radius 3 is 2.63 bits per heavy atom. The van der Waals surface area contributed by atoms with Gasteiger partial charge < -0.3 is 20.1 Å². The largest absolute Gasteiger partial charge is 0.478 e. The maximum absolute atomic E-state index is 11.6.